The van der Waals surface area contributed by atoms with E-state index in [-0.39, 0.29) is 0 Å². The van der Waals surface area contributed by atoms with Gasteiger partial charge in [-0.1, -0.05) is 18.2 Å². The minimum absolute atomic E-state index is 0.401. The Morgan fingerprint density at radius 3 is 2.67 bits per heavy atom. The zero-order valence-corrected chi connectivity index (χ0v) is 15.3. The van der Waals surface area contributed by atoms with Gasteiger partial charge in [0.1, 0.15) is 12.4 Å². The lowest BCUT2D eigenvalue weighted by Gasteiger charge is -2.34. The molecule has 0 radical (unpaired) electrons. The number of hydrogen-bond donors (Lipinski definition) is 1. The van der Waals surface area contributed by atoms with Crippen molar-refractivity contribution >= 4 is 5.96 Å². The highest BCUT2D eigenvalue weighted by Crippen LogP contribution is 2.16. The Morgan fingerprint density at radius 2 is 2.00 bits per heavy atom. The maximum atomic E-state index is 5.83. The maximum Gasteiger partial charge on any atom is 0.194 e. The molecule has 1 N–H and O–H groups in total. The fourth-order valence-electron chi connectivity index (χ4n) is 2.92. The van der Waals surface area contributed by atoms with Crippen molar-refractivity contribution in [1.82, 2.24) is 10.2 Å². The second kappa shape index (κ2) is 10.2. The Balaban J connectivity index is 1.81. The van der Waals surface area contributed by atoms with Gasteiger partial charge in [-0.2, -0.15) is 0 Å². The van der Waals surface area contributed by atoms with Crippen LogP contribution in [-0.4, -0.2) is 56.4 Å². The van der Waals surface area contributed by atoms with Crippen LogP contribution in [0, 0.1) is 6.92 Å². The molecule has 1 aromatic carbocycles. The van der Waals surface area contributed by atoms with E-state index in [1.165, 1.54) is 0 Å². The van der Waals surface area contributed by atoms with Crippen molar-refractivity contribution in [3.8, 4) is 5.75 Å². The summed E-state index contributed by atoms with van der Waals surface area (Å²) in [5, 5.41) is 3.39. The monoisotopic (exact) mass is 333 g/mol. The number of guanidine groups is 1. The molecule has 0 unspecified atom stereocenters. The minimum Gasteiger partial charge on any atom is -0.491 e. The quantitative estimate of drug-likeness (QED) is 0.473. The molecule has 0 atom stereocenters. The van der Waals surface area contributed by atoms with E-state index in [4.69, 9.17) is 14.5 Å². The number of nitrogens with zero attached hydrogens (tertiary/aromatic N) is 2. The number of aliphatic imine (C=N–C) groups is 1. The van der Waals surface area contributed by atoms with E-state index in [1.54, 1.807) is 0 Å². The van der Waals surface area contributed by atoms with Crippen LogP contribution in [0.4, 0.5) is 0 Å². The molecule has 0 saturated carbocycles. The lowest BCUT2D eigenvalue weighted by Crippen LogP contribution is -2.47. The fourth-order valence-corrected chi connectivity index (χ4v) is 2.92. The van der Waals surface area contributed by atoms with Gasteiger partial charge < -0.3 is 19.7 Å². The zero-order valence-electron chi connectivity index (χ0n) is 15.3. The highest BCUT2D eigenvalue weighted by Gasteiger charge is 2.21. The molecule has 0 aromatic heterocycles. The predicted molar refractivity (Wildman–Crippen MR) is 98.9 cm³/mol. The molecule has 1 fully saturated rings. The van der Waals surface area contributed by atoms with Crippen LogP contribution in [-0.2, 0) is 4.74 Å². The van der Waals surface area contributed by atoms with Gasteiger partial charge in [-0.15, -0.1) is 0 Å². The summed E-state index contributed by atoms with van der Waals surface area (Å²) >= 11 is 0. The van der Waals surface area contributed by atoms with Crippen molar-refractivity contribution < 1.29 is 9.47 Å². The molecule has 0 spiro atoms. The third-order valence-electron chi connectivity index (χ3n) is 4.18. The predicted octanol–water partition coefficient (Wildman–Crippen LogP) is 2.84. The van der Waals surface area contributed by atoms with E-state index in [1.807, 2.05) is 18.2 Å². The summed E-state index contributed by atoms with van der Waals surface area (Å²) in [5.74, 6) is 1.93. The molecule has 1 aliphatic heterocycles. The number of benzene rings is 1. The fraction of sp³-hybridized carbons (Fsp3) is 0.632. The van der Waals surface area contributed by atoms with E-state index < -0.39 is 0 Å². The van der Waals surface area contributed by atoms with E-state index in [0.717, 1.165) is 56.4 Å². The number of aryl methyl sites for hydroxylation is 1. The van der Waals surface area contributed by atoms with Crippen LogP contribution < -0.4 is 10.1 Å². The molecule has 24 heavy (non-hydrogen) atoms. The Hall–Kier alpha value is -1.75. The first-order chi connectivity index (χ1) is 11.7. The molecule has 2 rings (SSSR count). The van der Waals surface area contributed by atoms with Gasteiger partial charge >= 0.3 is 0 Å². The second-order valence-electron chi connectivity index (χ2n) is 5.99. The highest BCUT2D eigenvalue weighted by atomic mass is 16.5. The van der Waals surface area contributed by atoms with Crippen molar-refractivity contribution in [3.05, 3.63) is 29.8 Å². The third-order valence-corrected chi connectivity index (χ3v) is 4.18. The normalized spacial score (nSPS) is 16.3. The molecule has 0 aliphatic carbocycles. The van der Waals surface area contributed by atoms with Crippen LogP contribution in [0.1, 0.15) is 32.3 Å². The molecule has 5 heteroatoms. The van der Waals surface area contributed by atoms with Crippen LogP contribution in [0.25, 0.3) is 0 Å². The number of likely N-dealkylation sites (tertiary alicyclic amines) is 1. The number of piperidine rings is 1. The van der Waals surface area contributed by atoms with Crippen LogP contribution in [0.2, 0.25) is 0 Å². The summed E-state index contributed by atoms with van der Waals surface area (Å²) in [5.41, 5.74) is 1.16. The van der Waals surface area contributed by atoms with Crippen LogP contribution >= 0.6 is 0 Å². The molecule has 0 bridgehead atoms. The van der Waals surface area contributed by atoms with Gasteiger partial charge in [-0.25, -0.2) is 4.99 Å². The van der Waals surface area contributed by atoms with Gasteiger partial charge in [0.2, 0.25) is 0 Å². The first-order valence-electron chi connectivity index (χ1n) is 9.07. The van der Waals surface area contributed by atoms with E-state index in [2.05, 4.69) is 37.1 Å². The molecule has 1 aromatic rings. The third kappa shape index (κ3) is 5.71. The SMILES string of the molecule is CCNC(=NCCOc1ccccc1C)N1CCC(OCC)CC1. The lowest BCUT2D eigenvalue weighted by molar-refractivity contribution is 0.0263. The number of rotatable bonds is 7. The number of nitrogens with one attached hydrogen (secondary N) is 1. The summed E-state index contributed by atoms with van der Waals surface area (Å²) in [7, 11) is 0. The van der Waals surface area contributed by atoms with Crippen molar-refractivity contribution in [2.45, 2.75) is 39.7 Å². The van der Waals surface area contributed by atoms with Gasteiger partial charge in [0.25, 0.3) is 0 Å². The first-order valence-corrected chi connectivity index (χ1v) is 9.07. The Bertz CT molecular complexity index is 511. The molecule has 5 nitrogen and oxygen atoms in total. The average Bonchev–Trinajstić information content (AvgIpc) is 2.60. The minimum atomic E-state index is 0.401. The number of hydrogen-bond acceptors (Lipinski definition) is 3. The van der Waals surface area contributed by atoms with Crippen molar-refractivity contribution in [1.29, 1.82) is 0 Å². The summed E-state index contributed by atoms with van der Waals surface area (Å²) in [6.45, 7) is 11.1. The van der Waals surface area contributed by atoms with E-state index in [9.17, 15) is 0 Å². The van der Waals surface area contributed by atoms with Gasteiger partial charge in [0.05, 0.1) is 12.6 Å². The van der Waals surface area contributed by atoms with Gasteiger partial charge in [-0.05, 0) is 45.2 Å². The average molecular weight is 333 g/mol. The van der Waals surface area contributed by atoms with Crippen LogP contribution in [0.3, 0.4) is 0 Å². The van der Waals surface area contributed by atoms with Crippen LogP contribution in [0.15, 0.2) is 29.3 Å². The van der Waals surface area contributed by atoms with Crippen molar-refractivity contribution in [3.63, 3.8) is 0 Å². The second-order valence-corrected chi connectivity index (χ2v) is 5.99. The van der Waals surface area contributed by atoms with Crippen molar-refractivity contribution in [2.75, 3.05) is 39.4 Å². The highest BCUT2D eigenvalue weighted by molar-refractivity contribution is 5.80. The van der Waals surface area contributed by atoms with Gasteiger partial charge in [0.15, 0.2) is 5.96 Å². The molecule has 0 amide bonds. The van der Waals surface area contributed by atoms with Gasteiger partial charge in [-0.3, -0.25) is 0 Å². The molecule has 1 heterocycles. The molecule has 134 valence electrons. The molecule has 1 saturated heterocycles. The lowest BCUT2D eigenvalue weighted by atomic mass is 10.1. The summed E-state index contributed by atoms with van der Waals surface area (Å²) in [6.07, 6.45) is 2.54. The van der Waals surface area contributed by atoms with Crippen molar-refractivity contribution in [2.24, 2.45) is 4.99 Å². The summed E-state index contributed by atoms with van der Waals surface area (Å²) in [4.78, 5) is 7.04. The van der Waals surface area contributed by atoms with E-state index in [0.29, 0.717) is 19.3 Å². The first kappa shape index (κ1) is 18.6. The summed E-state index contributed by atoms with van der Waals surface area (Å²) < 4.78 is 11.6. The smallest absolute Gasteiger partial charge is 0.194 e. The van der Waals surface area contributed by atoms with Crippen LogP contribution in [0.5, 0.6) is 5.75 Å². The standard InChI is InChI=1S/C19H31N3O2/c1-4-20-19(22-13-10-17(11-14-22)23-5-2)21-12-15-24-18-9-7-6-8-16(18)3/h6-9,17H,4-5,10-15H2,1-3H3,(H,20,21). The Labute approximate surface area is 146 Å². The number of ether oxygens (including phenoxy) is 2. The molecular weight excluding hydrogens is 302 g/mol. The van der Waals surface area contributed by atoms with E-state index >= 15 is 0 Å². The number of para-hydroxylation sites is 1. The summed E-state index contributed by atoms with van der Waals surface area (Å²) in [6, 6.07) is 8.08. The maximum absolute atomic E-state index is 5.83. The Kier molecular flexibility index (Phi) is 7.89. The van der Waals surface area contributed by atoms with Gasteiger partial charge in [0, 0.05) is 26.2 Å². The molecular formula is C19H31N3O2. The zero-order chi connectivity index (χ0) is 17.2. The Morgan fingerprint density at radius 1 is 1.25 bits per heavy atom. The molecule has 1 aliphatic rings. The largest absolute Gasteiger partial charge is 0.491 e. The topological polar surface area (TPSA) is 46.1 Å².